The molecular formula is C50H62N12O12S2. The predicted octanol–water partition coefficient (Wildman–Crippen LogP) is 0.202. The number of amides is 8. The van der Waals surface area contributed by atoms with Crippen molar-refractivity contribution in [1.82, 2.24) is 60.8 Å². The first-order valence-electron chi connectivity index (χ1n) is 24.3. The van der Waals surface area contributed by atoms with Crippen LogP contribution in [-0.4, -0.2) is 199 Å². The molecule has 0 radical (unpaired) electrons. The van der Waals surface area contributed by atoms with Crippen LogP contribution in [0.2, 0.25) is 0 Å². The Hall–Kier alpha value is -7.48. The number of benzene rings is 2. The number of nitrogens with zero attached hydrogens (tertiary/aromatic N) is 8. The van der Waals surface area contributed by atoms with Crippen molar-refractivity contribution in [2.24, 2.45) is 11.8 Å². The molecule has 2 bridgehead atoms. The van der Waals surface area contributed by atoms with E-state index in [0.29, 0.717) is 22.1 Å². The molecule has 2 saturated heterocycles. The van der Waals surface area contributed by atoms with Gasteiger partial charge in [0.25, 0.3) is 11.8 Å². The van der Waals surface area contributed by atoms with E-state index in [9.17, 15) is 43.2 Å². The Morgan fingerprint density at radius 3 is 1.42 bits per heavy atom. The first-order chi connectivity index (χ1) is 35.9. The van der Waals surface area contributed by atoms with Gasteiger partial charge >= 0.3 is 11.9 Å². The van der Waals surface area contributed by atoms with E-state index in [2.05, 4.69) is 41.2 Å². The van der Waals surface area contributed by atoms with E-state index in [-0.39, 0.29) is 17.1 Å². The van der Waals surface area contributed by atoms with Crippen molar-refractivity contribution in [3.63, 3.8) is 0 Å². The number of carbonyl (C=O) groups is 10. The Kier molecular flexibility index (Phi) is 18.9. The smallest absolute Gasteiger partial charge is 0.329 e. The molecule has 6 rings (SSSR count). The SMILES string of the molecule is CC(C)[C@H]1C(=O)OC[C@@H](NC(=O)c2cnc3ccccc3n2)C(=O)N[C@@H](C)C(=O)N(C)[C@H]2CS[C@@H](S)[C@@H](C(=O)N1C)N(C)C(=O)[C@H](C)NC(=O)[C@H](NC(=O)c1cnc3ccccc3n1)COC(=O)[C@H](C(C)C)N(C)C2=O. The van der Waals surface area contributed by atoms with Gasteiger partial charge in [-0.1, -0.05) is 52.0 Å². The molecule has 0 unspecified atom stereocenters. The summed E-state index contributed by atoms with van der Waals surface area (Å²) < 4.78 is 10.2. The third-order valence-corrected chi connectivity index (χ3v) is 14.8. The third kappa shape index (κ3) is 13.1. The molecular weight excluding hydrogens is 1020 g/mol. The van der Waals surface area contributed by atoms with Crippen molar-refractivity contribution in [2.75, 3.05) is 47.2 Å². The maximum Gasteiger partial charge on any atom is 0.329 e. The number of aromatic nitrogens is 4. The highest BCUT2D eigenvalue weighted by Crippen LogP contribution is 2.29. The van der Waals surface area contributed by atoms with Gasteiger partial charge in [0.15, 0.2) is 0 Å². The van der Waals surface area contributed by atoms with Gasteiger partial charge in [0.1, 0.15) is 72.9 Å². The van der Waals surface area contributed by atoms with Gasteiger partial charge in [-0.3, -0.25) is 48.3 Å². The van der Waals surface area contributed by atoms with Crippen LogP contribution in [0.25, 0.3) is 22.1 Å². The highest BCUT2D eigenvalue weighted by Gasteiger charge is 2.45. The molecule has 2 aliphatic rings. The molecule has 4 heterocycles. The second-order valence-electron chi connectivity index (χ2n) is 19.1. The molecule has 2 aromatic carbocycles. The highest BCUT2D eigenvalue weighted by atomic mass is 32.2. The first-order valence-corrected chi connectivity index (χ1v) is 25.8. The Balaban J connectivity index is 1.41. The van der Waals surface area contributed by atoms with E-state index in [4.69, 9.17) is 22.1 Å². The summed E-state index contributed by atoms with van der Waals surface area (Å²) in [6, 6.07) is 1.51. The number of ether oxygens (including phenoxy) is 2. The van der Waals surface area contributed by atoms with Crippen LogP contribution in [0.1, 0.15) is 62.5 Å². The summed E-state index contributed by atoms with van der Waals surface area (Å²) in [5.74, 6) is -10.7. The fourth-order valence-electron chi connectivity index (χ4n) is 8.70. The second-order valence-corrected chi connectivity index (χ2v) is 21.2. The second kappa shape index (κ2) is 24.9. The largest absolute Gasteiger partial charge is 0.461 e. The Morgan fingerprint density at radius 2 is 1.00 bits per heavy atom. The maximum atomic E-state index is 15.0. The maximum absolute atomic E-state index is 15.0. The number of cyclic esters (lactones) is 2. The molecule has 24 nitrogen and oxygen atoms in total. The van der Waals surface area contributed by atoms with Crippen molar-refractivity contribution in [2.45, 2.75) is 94.5 Å². The lowest BCUT2D eigenvalue weighted by Crippen LogP contribution is -2.60. The summed E-state index contributed by atoms with van der Waals surface area (Å²) >= 11 is 5.72. The monoisotopic (exact) mass is 1090 g/mol. The summed E-state index contributed by atoms with van der Waals surface area (Å²) in [6.07, 6.45) is 2.39. The number of para-hydroxylation sites is 4. The van der Waals surface area contributed by atoms with Crippen LogP contribution in [-0.2, 0) is 47.8 Å². The van der Waals surface area contributed by atoms with Crippen LogP contribution >= 0.6 is 24.4 Å². The van der Waals surface area contributed by atoms with Crippen molar-refractivity contribution < 1.29 is 57.4 Å². The Morgan fingerprint density at radius 1 is 0.605 bits per heavy atom. The molecule has 26 heteroatoms. The lowest BCUT2D eigenvalue weighted by molar-refractivity contribution is -0.160. The molecule has 8 amide bonds. The number of hydrogen-bond acceptors (Lipinski definition) is 18. The lowest BCUT2D eigenvalue weighted by atomic mass is 10.0. The molecule has 2 fully saturated rings. The van der Waals surface area contributed by atoms with Crippen molar-refractivity contribution in [3.8, 4) is 0 Å². The van der Waals surface area contributed by atoms with Crippen molar-refractivity contribution in [3.05, 3.63) is 72.3 Å². The van der Waals surface area contributed by atoms with Gasteiger partial charge in [0.2, 0.25) is 35.4 Å². The average Bonchev–Trinajstić information content (AvgIpc) is 3.39. The fraction of sp³-hybridized carbons (Fsp3) is 0.480. The van der Waals surface area contributed by atoms with E-state index >= 15 is 4.79 Å². The van der Waals surface area contributed by atoms with E-state index in [1.807, 2.05) is 0 Å². The number of thioether (sulfide) groups is 1. The standard InChI is InChI=1S/C50H62N12O12S2/c1-24(2)37-48(71)73-21-35(58-41(64)33-20-52-29-16-12-14-18-31(29)56-33)43(66)54-27(6)45(68)62(10)39-47(70)61(9)38(25(3)4)49(72)74-22-34(57-40(63)32-19-51-28-15-11-13-17-30(28)55-32)42(65)53-26(5)44(67)59(7)36(23-76-50(39)75)46(69)60(37)8/h11-20,24-27,34-39,50,75H,21-23H2,1-10H3,(H,53,65)(H,54,66)(H,57,63)(H,58,64)/t26-,27-,34+,35+,36-,37-,38-,39+,50+/m0/s1. The predicted molar refractivity (Wildman–Crippen MR) is 280 cm³/mol. The van der Waals surface area contributed by atoms with Crippen LogP contribution in [0.4, 0.5) is 0 Å². The van der Waals surface area contributed by atoms with Gasteiger partial charge in [-0.25, -0.2) is 19.6 Å². The number of esters is 2. The minimum Gasteiger partial charge on any atom is -0.461 e. The van der Waals surface area contributed by atoms with Crippen LogP contribution in [0.15, 0.2) is 60.9 Å². The van der Waals surface area contributed by atoms with Crippen LogP contribution in [0, 0.1) is 11.8 Å². The Bertz CT molecular complexity index is 2910. The van der Waals surface area contributed by atoms with Crippen LogP contribution in [0.5, 0.6) is 0 Å². The zero-order valence-corrected chi connectivity index (χ0v) is 45.3. The number of rotatable bonds is 6. The number of nitrogens with one attached hydrogen (secondary N) is 4. The van der Waals surface area contributed by atoms with Gasteiger partial charge in [-0.05, 0) is 49.9 Å². The quantitative estimate of drug-likeness (QED) is 0.127. The van der Waals surface area contributed by atoms with E-state index < -0.39 is 137 Å². The molecule has 0 saturated carbocycles. The molecule has 4 aromatic rings. The lowest BCUT2D eigenvalue weighted by Gasteiger charge is -2.39. The molecule has 406 valence electrons. The molecule has 0 aliphatic carbocycles. The van der Waals surface area contributed by atoms with Gasteiger partial charge in [0, 0.05) is 33.9 Å². The minimum absolute atomic E-state index is 0.188. The third-order valence-electron chi connectivity index (χ3n) is 12.9. The van der Waals surface area contributed by atoms with E-state index in [1.165, 1.54) is 54.4 Å². The topological polar surface area (TPSA) is 302 Å². The summed E-state index contributed by atoms with van der Waals surface area (Å²) in [5.41, 5.74) is 1.35. The number of carbonyl (C=O) groups excluding carboxylic acids is 10. The highest BCUT2D eigenvalue weighted by molar-refractivity contribution is 8.10. The average molecular weight is 1090 g/mol. The Labute approximate surface area is 447 Å². The summed E-state index contributed by atoms with van der Waals surface area (Å²) in [5, 5.41) is 10.1. The zero-order chi connectivity index (χ0) is 55.9. The van der Waals surface area contributed by atoms with Gasteiger partial charge in [0.05, 0.1) is 39.0 Å². The fourth-order valence-corrected chi connectivity index (χ4v) is 10.5. The van der Waals surface area contributed by atoms with Crippen LogP contribution in [0.3, 0.4) is 0 Å². The number of likely N-dealkylation sites (N-methyl/N-ethyl adjacent to an activating group) is 4. The molecule has 76 heavy (non-hydrogen) atoms. The van der Waals surface area contributed by atoms with Gasteiger partial charge in [-0.15, -0.1) is 11.8 Å². The first kappa shape index (κ1) is 57.8. The van der Waals surface area contributed by atoms with Crippen LogP contribution < -0.4 is 21.3 Å². The van der Waals surface area contributed by atoms with Crippen molar-refractivity contribution >= 4 is 106 Å². The van der Waals surface area contributed by atoms with Gasteiger partial charge in [-0.2, -0.15) is 12.6 Å². The summed E-state index contributed by atoms with van der Waals surface area (Å²) in [6.45, 7) is 7.56. The summed E-state index contributed by atoms with van der Waals surface area (Å²) in [4.78, 5) is 165. The molecule has 4 N–H and O–H groups in total. The molecule has 2 aliphatic heterocycles. The molecule has 0 spiro atoms. The van der Waals surface area contributed by atoms with E-state index in [0.717, 1.165) is 31.4 Å². The normalized spacial score (nSPS) is 25.6. The van der Waals surface area contributed by atoms with Gasteiger partial charge < -0.3 is 50.3 Å². The zero-order valence-electron chi connectivity index (χ0n) is 43.6. The number of thiol groups is 1. The molecule has 9 atom stereocenters. The van der Waals surface area contributed by atoms with Crippen molar-refractivity contribution in [1.29, 1.82) is 0 Å². The molecule has 2 aromatic heterocycles. The van der Waals surface area contributed by atoms with E-state index in [1.54, 1.807) is 76.2 Å². The summed E-state index contributed by atoms with van der Waals surface area (Å²) in [7, 11) is 5.18. The number of fused-ring (bicyclic) bond motifs is 6. The minimum atomic E-state index is -1.67. The number of hydrogen-bond donors (Lipinski definition) is 5.